The van der Waals surface area contributed by atoms with Gasteiger partial charge in [0.2, 0.25) is 5.91 Å². The molecule has 122 valence electrons. The van der Waals surface area contributed by atoms with Crippen LogP contribution in [0, 0.1) is 12.8 Å². The van der Waals surface area contributed by atoms with Crippen molar-refractivity contribution in [2.24, 2.45) is 5.92 Å². The first-order valence-corrected chi connectivity index (χ1v) is 7.98. The fraction of sp³-hybridized carbons (Fsp3) is 0.471. The van der Waals surface area contributed by atoms with Crippen LogP contribution in [-0.4, -0.2) is 52.8 Å². The highest BCUT2D eigenvalue weighted by Crippen LogP contribution is 2.28. The number of hydrogen-bond donors (Lipinski definition) is 0. The number of piperidine rings is 1. The maximum atomic E-state index is 12.1. The SMILES string of the molecule is Cc1cnn(-c2ccncc2N2CCC(C(=O)N(C)C)CC2)c1. The Morgan fingerprint density at radius 3 is 2.57 bits per heavy atom. The minimum atomic E-state index is 0.133. The molecule has 1 aliphatic rings. The van der Waals surface area contributed by atoms with Gasteiger partial charge in [0.25, 0.3) is 0 Å². The highest BCUT2D eigenvalue weighted by Gasteiger charge is 2.27. The van der Waals surface area contributed by atoms with Crippen molar-refractivity contribution >= 4 is 11.6 Å². The third kappa shape index (κ3) is 3.21. The van der Waals surface area contributed by atoms with E-state index in [1.165, 1.54) is 0 Å². The second kappa shape index (κ2) is 6.40. The van der Waals surface area contributed by atoms with E-state index in [0.717, 1.165) is 42.9 Å². The van der Waals surface area contributed by atoms with Crippen LogP contribution in [-0.2, 0) is 4.79 Å². The summed E-state index contributed by atoms with van der Waals surface area (Å²) >= 11 is 0. The number of nitrogens with zero attached hydrogens (tertiary/aromatic N) is 5. The molecule has 3 rings (SSSR count). The highest BCUT2D eigenvalue weighted by atomic mass is 16.2. The molecule has 1 amide bonds. The standard InChI is InChI=1S/C17H23N5O/c1-13-10-19-22(12-13)15-4-7-18-11-16(15)21-8-5-14(6-9-21)17(23)20(2)3/h4,7,10-12,14H,5-6,8-9H2,1-3H3. The van der Waals surface area contributed by atoms with E-state index in [1.807, 2.05) is 50.4 Å². The largest absolute Gasteiger partial charge is 0.368 e. The van der Waals surface area contributed by atoms with Crippen LogP contribution in [0.25, 0.3) is 5.69 Å². The molecule has 0 unspecified atom stereocenters. The second-order valence-corrected chi connectivity index (χ2v) is 6.32. The van der Waals surface area contributed by atoms with Crippen molar-refractivity contribution in [3.05, 3.63) is 36.4 Å². The molecule has 1 saturated heterocycles. The van der Waals surface area contributed by atoms with E-state index in [9.17, 15) is 4.79 Å². The van der Waals surface area contributed by atoms with Crippen LogP contribution in [0.2, 0.25) is 0 Å². The van der Waals surface area contributed by atoms with Gasteiger partial charge in [-0.3, -0.25) is 9.78 Å². The van der Waals surface area contributed by atoms with Crippen LogP contribution < -0.4 is 4.90 Å². The van der Waals surface area contributed by atoms with E-state index >= 15 is 0 Å². The molecule has 6 nitrogen and oxygen atoms in total. The average molecular weight is 313 g/mol. The van der Waals surface area contributed by atoms with Gasteiger partial charge in [-0.2, -0.15) is 5.10 Å². The Bertz CT molecular complexity index is 686. The summed E-state index contributed by atoms with van der Waals surface area (Å²) in [7, 11) is 3.65. The van der Waals surface area contributed by atoms with Crippen molar-refractivity contribution in [1.82, 2.24) is 19.7 Å². The number of rotatable bonds is 3. The maximum Gasteiger partial charge on any atom is 0.225 e. The molecule has 0 spiro atoms. The van der Waals surface area contributed by atoms with Gasteiger partial charge in [0.1, 0.15) is 0 Å². The Morgan fingerprint density at radius 2 is 1.96 bits per heavy atom. The van der Waals surface area contributed by atoms with Crippen molar-refractivity contribution in [2.75, 3.05) is 32.1 Å². The van der Waals surface area contributed by atoms with Crippen LogP contribution in [0.5, 0.6) is 0 Å². The van der Waals surface area contributed by atoms with Crippen molar-refractivity contribution in [1.29, 1.82) is 0 Å². The lowest BCUT2D eigenvalue weighted by Gasteiger charge is -2.34. The average Bonchev–Trinajstić information content (AvgIpc) is 3.00. The third-order valence-electron chi connectivity index (χ3n) is 4.36. The molecule has 1 aliphatic heterocycles. The molecule has 0 bridgehead atoms. The fourth-order valence-corrected chi connectivity index (χ4v) is 3.09. The third-order valence-corrected chi connectivity index (χ3v) is 4.36. The van der Waals surface area contributed by atoms with Crippen LogP contribution in [0.3, 0.4) is 0 Å². The predicted molar refractivity (Wildman–Crippen MR) is 89.7 cm³/mol. The molecule has 2 aromatic rings. The molecule has 0 saturated carbocycles. The first kappa shape index (κ1) is 15.5. The van der Waals surface area contributed by atoms with Crippen LogP contribution in [0.15, 0.2) is 30.9 Å². The number of aromatic nitrogens is 3. The highest BCUT2D eigenvalue weighted by molar-refractivity contribution is 5.78. The van der Waals surface area contributed by atoms with Crippen LogP contribution >= 0.6 is 0 Å². The van der Waals surface area contributed by atoms with E-state index in [-0.39, 0.29) is 11.8 Å². The van der Waals surface area contributed by atoms with Gasteiger partial charge in [-0.05, 0) is 31.4 Å². The van der Waals surface area contributed by atoms with E-state index in [2.05, 4.69) is 15.0 Å². The number of carbonyl (C=O) groups is 1. The van der Waals surface area contributed by atoms with E-state index < -0.39 is 0 Å². The van der Waals surface area contributed by atoms with Gasteiger partial charge < -0.3 is 9.80 Å². The lowest BCUT2D eigenvalue weighted by molar-refractivity contribution is -0.133. The van der Waals surface area contributed by atoms with Gasteiger partial charge in [0, 0.05) is 45.5 Å². The number of aryl methyl sites for hydroxylation is 1. The summed E-state index contributed by atoms with van der Waals surface area (Å²) < 4.78 is 1.89. The first-order valence-electron chi connectivity index (χ1n) is 7.98. The number of carbonyl (C=O) groups excluding carboxylic acids is 1. The molecular formula is C17H23N5O. The normalized spacial score (nSPS) is 15.7. The summed E-state index contributed by atoms with van der Waals surface area (Å²) in [5, 5.41) is 4.41. The zero-order chi connectivity index (χ0) is 16.4. The van der Waals surface area contributed by atoms with Gasteiger partial charge >= 0.3 is 0 Å². The zero-order valence-electron chi connectivity index (χ0n) is 13.9. The van der Waals surface area contributed by atoms with Gasteiger partial charge in [0.05, 0.1) is 23.8 Å². The fourth-order valence-electron chi connectivity index (χ4n) is 3.09. The molecule has 0 atom stereocenters. The lowest BCUT2D eigenvalue weighted by atomic mass is 9.95. The monoisotopic (exact) mass is 313 g/mol. The van der Waals surface area contributed by atoms with Gasteiger partial charge in [-0.1, -0.05) is 0 Å². The first-order chi connectivity index (χ1) is 11.1. The van der Waals surface area contributed by atoms with E-state index in [0.29, 0.717) is 0 Å². The summed E-state index contributed by atoms with van der Waals surface area (Å²) in [6, 6.07) is 1.98. The molecule has 0 N–H and O–H groups in total. The predicted octanol–water partition coefficient (Wildman–Crippen LogP) is 1.88. The molecule has 3 heterocycles. The summed E-state index contributed by atoms with van der Waals surface area (Å²) in [5.41, 5.74) is 3.24. The zero-order valence-corrected chi connectivity index (χ0v) is 13.9. The van der Waals surface area contributed by atoms with E-state index in [4.69, 9.17) is 0 Å². The van der Waals surface area contributed by atoms with Crippen LogP contribution in [0.1, 0.15) is 18.4 Å². The topological polar surface area (TPSA) is 54.3 Å². The summed E-state index contributed by atoms with van der Waals surface area (Å²) in [6.07, 6.45) is 9.30. The smallest absolute Gasteiger partial charge is 0.225 e. The Labute approximate surface area is 136 Å². The van der Waals surface area contributed by atoms with Crippen LogP contribution in [0.4, 0.5) is 5.69 Å². The molecule has 2 aromatic heterocycles. The number of amides is 1. The summed E-state index contributed by atoms with van der Waals surface area (Å²) in [4.78, 5) is 20.4. The molecule has 1 fully saturated rings. The van der Waals surface area contributed by atoms with Crippen molar-refractivity contribution in [3.8, 4) is 5.69 Å². The Kier molecular flexibility index (Phi) is 4.32. The molecule has 0 aliphatic carbocycles. The van der Waals surface area contributed by atoms with Gasteiger partial charge in [-0.25, -0.2) is 4.68 Å². The molecule has 6 heteroatoms. The van der Waals surface area contributed by atoms with Gasteiger partial charge in [-0.15, -0.1) is 0 Å². The number of anilines is 1. The van der Waals surface area contributed by atoms with Crippen molar-refractivity contribution in [2.45, 2.75) is 19.8 Å². The van der Waals surface area contributed by atoms with Crippen molar-refractivity contribution in [3.63, 3.8) is 0 Å². The van der Waals surface area contributed by atoms with Gasteiger partial charge in [0.15, 0.2) is 0 Å². The van der Waals surface area contributed by atoms with Crippen molar-refractivity contribution < 1.29 is 4.79 Å². The molecule has 0 radical (unpaired) electrons. The minimum absolute atomic E-state index is 0.133. The quantitative estimate of drug-likeness (QED) is 0.868. The molecule has 0 aromatic carbocycles. The van der Waals surface area contributed by atoms with E-state index in [1.54, 1.807) is 11.1 Å². The Hall–Kier alpha value is -2.37. The number of pyridine rings is 1. The lowest BCUT2D eigenvalue weighted by Crippen LogP contribution is -2.40. The Morgan fingerprint density at radius 1 is 1.22 bits per heavy atom. The minimum Gasteiger partial charge on any atom is -0.368 e. The summed E-state index contributed by atoms with van der Waals surface area (Å²) in [6.45, 7) is 3.76. The second-order valence-electron chi connectivity index (χ2n) is 6.32. The number of hydrogen-bond acceptors (Lipinski definition) is 4. The Balaban J connectivity index is 1.78. The molecule has 23 heavy (non-hydrogen) atoms. The summed E-state index contributed by atoms with van der Waals surface area (Å²) in [5.74, 6) is 0.368. The maximum absolute atomic E-state index is 12.1. The molecular weight excluding hydrogens is 290 g/mol.